The number of aliphatic carboxylic acids is 6. The maximum atomic E-state index is 12.2. The number of nitrogens with one attached hydrogen (secondary N) is 4. The van der Waals surface area contributed by atoms with Crippen LogP contribution in [0.25, 0.3) is 24.3 Å². The molecule has 0 aliphatic carbocycles. The van der Waals surface area contributed by atoms with E-state index in [0.717, 1.165) is 0 Å². The van der Waals surface area contributed by atoms with Crippen molar-refractivity contribution in [1.29, 1.82) is 0 Å². The molecule has 5 rings (SSSR count). The Balaban J connectivity index is 1.98. The Bertz CT molecular complexity index is 2280. The molecule has 10 N–H and O–H groups in total. The number of aromatic amines is 4. The standard InChI is InChI=1S/C38H40N4O12/c1-17-19(3-7-33(43)44)27-15-31-24(12-38(53)54)22(6-10-36(49)50)30(42-31)14-26-18(2)20(4-8-34(45)46)28(40-26)16-32-23(11-37(51)52)21(5-9-35(47)48)29(41-32)13-25(17)39-27/h13-16,39-42H,3-12H2,1-2H3,(H,43,44)(H,45,46)(H,47,48)(H,49,50)(H,51,52)(H,53,54). The van der Waals surface area contributed by atoms with Gasteiger partial charge >= 0.3 is 35.8 Å². The van der Waals surface area contributed by atoms with Crippen LogP contribution >= 0.6 is 0 Å². The van der Waals surface area contributed by atoms with E-state index in [0.29, 0.717) is 88.7 Å². The minimum absolute atomic E-state index is 0.0317. The Morgan fingerprint density at radius 3 is 0.963 bits per heavy atom. The van der Waals surface area contributed by atoms with Crippen molar-refractivity contribution in [2.24, 2.45) is 0 Å². The molecule has 4 aromatic rings. The Kier molecular flexibility index (Phi) is 11.4. The quantitative estimate of drug-likeness (QED) is 0.0664. The molecule has 4 aromatic heterocycles. The van der Waals surface area contributed by atoms with Gasteiger partial charge in [-0.15, -0.1) is 0 Å². The average molecular weight is 745 g/mol. The minimum Gasteiger partial charge on any atom is -0.481 e. The lowest BCUT2D eigenvalue weighted by molar-refractivity contribution is -0.138. The summed E-state index contributed by atoms with van der Waals surface area (Å²) in [6.07, 6.45) is 4.74. The number of H-pyrrole nitrogens is 4. The van der Waals surface area contributed by atoms with Gasteiger partial charge in [0.2, 0.25) is 0 Å². The molecular formula is C38H40N4O12. The number of hydrogen-bond acceptors (Lipinski definition) is 6. The Morgan fingerprint density at radius 2 is 0.667 bits per heavy atom. The molecule has 1 aliphatic heterocycles. The van der Waals surface area contributed by atoms with Crippen molar-refractivity contribution in [3.8, 4) is 0 Å². The summed E-state index contributed by atoms with van der Waals surface area (Å²) in [4.78, 5) is 84.4. The lowest BCUT2D eigenvalue weighted by atomic mass is 9.99. The van der Waals surface area contributed by atoms with Crippen molar-refractivity contribution in [2.75, 3.05) is 0 Å². The Labute approximate surface area is 305 Å². The van der Waals surface area contributed by atoms with Gasteiger partial charge in [0, 0.05) is 69.9 Å². The van der Waals surface area contributed by atoms with Crippen LogP contribution in [0.1, 0.15) is 93.0 Å². The maximum absolute atomic E-state index is 12.2. The third-order valence-corrected chi connectivity index (χ3v) is 9.64. The number of rotatable bonds is 16. The Morgan fingerprint density at radius 1 is 0.389 bits per heavy atom. The summed E-state index contributed by atoms with van der Waals surface area (Å²) in [7, 11) is 0. The fourth-order valence-electron chi connectivity index (χ4n) is 7.05. The highest BCUT2D eigenvalue weighted by Crippen LogP contribution is 2.26. The molecule has 54 heavy (non-hydrogen) atoms. The monoisotopic (exact) mass is 744 g/mol. The molecule has 0 unspecified atom stereocenters. The normalized spacial score (nSPS) is 11.9. The van der Waals surface area contributed by atoms with Crippen LogP contribution in [-0.4, -0.2) is 86.4 Å². The molecule has 8 bridgehead atoms. The lowest BCUT2D eigenvalue weighted by Gasteiger charge is -2.04. The largest absolute Gasteiger partial charge is 0.481 e. The second-order valence-electron chi connectivity index (χ2n) is 13.2. The summed E-state index contributed by atoms with van der Waals surface area (Å²) in [6, 6.07) is 0. The fourth-order valence-corrected chi connectivity index (χ4v) is 7.05. The molecule has 0 fully saturated rings. The second-order valence-corrected chi connectivity index (χ2v) is 13.2. The molecule has 0 aromatic carbocycles. The van der Waals surface area contributed by atoms with Crippen molar-refractivity contribution in [3.63, 3.8) is 0 Å². The first kappa shape index (κ1) is 38.6. The summed E-state index contributed by atoms with van der Waals surface area (Å²) in [5, 5.41) is 60.1. The van der Waals surface area contributed by atoms with Gasteiger partial charge in [-0.1, -0.05) is 0 Å². The van der Waals surface area contributed by atoms with Gasteiger partial charge in [0.05, 0.1) is 12.8 Å². The van der Waals surface area contributed by atoms with E-state index in [4.69, 9.17) is 0 Å². The zero-order valence-electron chi connectivity index (χ0n) is 29.5. The van der Waals surface area contributed by atoms with Crippen molar-refractivity contribution < 1.29 is 59.4 Å². The third-order valence-electron chi connectivity index (χ3n) is 9.64. The molecule has 0 spiro atoms. The highest BCUT2D eigenvalue weighted by atomic mass is 16.4. The van der Waals surface area contributed by atoms with E-state index in [1.807, 2.05) is 0 Å². The van der Waals surface area contributed by atoms with Gasteiger partial charge in [0.15, 0.2) is 0 Å². The highest BCUT2D eigenvalue weighted by molar-refractivity contribution is 5.77. The lowest BCUT2D eigenvalue weighted by Crippen LogP contribution is -2.14. The van der Waals surface area contributed by atoms with E-state index in [2.05, 4.69) is 19.9 Å². The number of carboxylic acids is 6. The van der Waals surface area contributed by atoms with Crippen LogP contribution in [0.5, 0.6) is 0 Å². The summed E-state index contributed by atoms with van der Waals surface area (Å²) >= 11 is 0. The summed E-state index contributed by atoms with van der Waals surface area (Å²) in [6.45, 7) is 3.52. The smallest absolute Gasteiger partial charge is 0.307 e. The number of carboxylic acid groups (broad SMARTS) is 6. The van der Waals surface area contributed by atoms with Crippen LogP contribution in [0.4, 0.5) is 0 Å². The zero-order chi connectivity index (χ0) is 39.4. The zero-order valence-corrected chi connectivity index (χ0v) is 29.5. The number of fused-ring (bicyclic) bond motifs is 8. The topological polar surface area (TPSA) is 287 Å². The van der Waals surface area contributed by atoms with E-state index < -0.39 is 48.7 Å². The van der Waals surface area contributed by atoms with Crippen LogP contribution in [-0.2, 0) is 67.3 Å². The van der Waals surface area contributed by atoms with E-state index in [-0.39, 0.29) is 51.4 Å². The van der Waals surface area contributed by atoms with Crippen LogP contribution in [0.15, 0.2) is 0 Å². The molecule has 0 radical (unpaired) electrons. The third kappa shape index (κ3) is 8.71. The number of hydrogen-bond donors (Lipinski definition) is 10. The summed E-state index contributed by atoms with van der Waals surface area (Å²) < 4.78 is 0. The SMILES string of the molecule is Cc1c(CCC(=O)O)c2[nH]c1=Cc1[nH]c(c(CC(=O)O)c1CCC(=O)O)C=c1[nH]c(c(C)c1CCC(=O)O)=Cc1[nH]c(c(CC(=O)O)c1CCC(=O)O)C=2. The molecule has 0 amide bonds. The van der Waals surface area contributed by atoms with Crippen molar-refractivity contribution >= 4 is 60.1 Å². The maximum Gasteiger partial charge on any atom is 0.307 e. The Hall–Kier alpha value is -6.58. The molecule has 284 valence electrons. The molecule has 0 saturated carbocycles. The summed E-state index contributed by atoms with van der Waals surface area (Å²) in [5.41, 5.74) is 5.49. The van der Waals surface area contributed by atoms with Gasteiger partial charge in [-0.25, -0.2) is 0 Å². The first-order chi connectivity index (χ1) is 25.5. The molecule has 16 nitrogen and oxygen atoms in total. The van der Waals surface area contributed by atoms with Gasteiger partial charge in [-0.05, 0) is 108 Å². The first-order valence-electron chi connectivity index (χ1n) is 17.1. The first-order valence-corrected chi connectivity index (χ1v) is 17.1. The van der Waals surface area contributed by atoms with E-state index in [1.54, 1.807) is 38.2 Å². The van der Waals surface area contributed by atoms with Gasteiger partial charge in [0.1, 0.15) is 0 Å². The molecule has 0 atom stereocenters. The second kappa shape index (κ2) is 16.0. The predicted octanol–water partition coefficient (Wildman–Crippen LogP) is 0.567. The molecule has 16 heteroatoms. The predicted molar refractivity (Wildman–Crippen MR) is 192 cm³/mol. The molecule has 5 heterocycles. The summed E-state index contributed by atoms with van der Waals surface area (Å²) in [5.74, 6) is -6.64. The van der Waals surface area contributed by atoms with Crippen molar-refractivity contribution in [3.05, 3.63) is 88.7 Å². The molecule has 1 aliphatic rings. The van der Waals surface area contributed by atoms with Crippen molar-refractivity contribution in [1.82, 2.24) is 19.9 Å². The number of aromatic nitrogens is 4. The highest BCUT2D eigenvalue weighted by Gasteiger charge is 2.23. The van der Waals surface area contributed by atoms with E-state index in [9.17, 15) is 59.4 Å². The van der Waals surface area contributed by atoms with Crippen molar-refractivity contribution in [2.45, 2.75) is 78.1 Å². The molecule has 0 saturated heterocycles. The van der Waals surface area contributed by atoms with Gasteiger partial charge in [-0.2, -0.15) is 0 Å². The minimum atomic E-state index is -1.17. The van der Waals surface area contributed by atoms with Crippen LogP contribution < -0.4 is 21.4 Å². The van der Waals surface area contributed by atoms with Crippen LogP contribution in [0.3, 0.4) is 0 Å². The van der Waals surface area contributed by atoms with E-state index >= 15 is 0 Å². The molecular weight excluding hydrogens is 704 g/mol. The van der Waals surface area contributed by atoms with Crippen LogP contribution in [0, 0.1) is 13.8 Å². The average Bonchev–Trinajstić information content (AvgIpc) is 3.74. The van der Waals surface area contributed by atoms with Crippen LogP contribution in [0.2, 0.25) is 0 Å². The van der Waals surface area contributed by atoms with E-state index in [1.165, 1.54) is 0 Å². The van der Waals surface area contributed by atoms with Gasteiger partial charge < -0.3 is 50.6 Å². The van der Waals surface area contributed by atoms with Gasteiger partial charge in [-0.3, -0.25) is 28.8 Å². The van der Waals surface area contributed by atoms with Gasteiger partial charge in [0.25, 0.3) is 0 Å². The number of carbonyl (C=O) groups is 6. The fraction of sp³-hybridized carbons (Fsp3) is 0.316.